The lowest BCUT2D eigenvalue weighted by atomic mass is 10.1. The molecule has 7 nitrogen and oxygen atoms in total. The van der Waals surface area contributed by atoms with E-state index in [4.69, 9.17) is 14.6 Å². The summed E-state index contributed by atoms with van der Waals surface area (Å²) in [5, 5.41) is 11.8. The van der Waals surface area contributed by atoms with Crippen LogP contribution < -0.4 is 14.8 Å². The van der Waals surface area contributed by atoms with Gasteiger partial charge in [0.25, 0.3) is 5.91 Å². The Morgan fingerprint density at radius 3 is 2.35 bits per heavy atom. The van der Waals surface area contributed by atoms with Gasteiger partial charge in [-0.25, -0.2) is 4.79 Å². The molecule has 0 spiro atoms. The molecular weight excluding hydrogens is 338 g/mol. The van der Waals surface area contributed by atoms with Crippen molar-refractivity contribution in [2.45, 2.75) is 20.3 Å². The quantitative estimate of drug-likeness (QED) is 0.608. The van der Waals surface area contributed by atoms with E-state index in [1.807, 2.05) is 0 Å². The van der Waals surface area contributed by atoms with Crippen LogP contribution in [-0.2, 0) is 4.79 Å². The van der Waals surface area contributed by atoms with Gasteiger partial charge in [-0.2, -0.15) is 0 Å². The van der Waals surface area contributed by atoms with E-state index < -0.39 is 17.8 Å². The first-order valence-corrected chi connectivity index (χ1v) is 7.89. The van der Waals surface area contributed by atoms with E-state index in [1.54, 1.807) is 19.9 Å². The summed E-state index contributed by atoms with van der Waals surface area (Å²) in [5.41, 5.74) is 1.47. The molecule has 1 amide bonds. The third-order valence-corrected chi connectivity index (χ3v) is 3.67. The summed E-state index contributed by atoms with van der Waals surface area (Å²) in [6.07, 6.45) is 0.213. The molecule has 2 N–H and O–H groups in total. The Morgan fingerprint density at radius 2 is 1.73 bits per heavy atom. The molecule has 0 bridgehead atoms. The molecule has 0 fully saturated rings. The Labute approximate surface area is 150 Å². The Balaban J connectivity index is 2.26. The number of carboxylic acids is 1. The number of benzene rings is 2. The minimum atomic E-state index is -1.08. The normalized spacial score (nSPS) is 10.1. The van der Waals surface area contributed by atoms with Gasteiger partial charge in [0.05, 0.1) is 12.7 Å². The zero-order valence-electron chi connectivity index (χ0n) is 14.7. The molecule has 2 rings (SSSR count). The number of ether oxygens (including phenoxy) is 2. The number of nitrogens with one attached hydrogen (secondary N) is 1. The van der Waals surface area contributed by atoms with Gasteiger partial charge in [-0.1, -0.05) is 13.0 Å². The predicted octanol–water partition coefficient (Wildman–Crippen LogP) is 3.27. The number of carboxylic acid groups (broad SMARTS) is 1. The summed E-state index contributed by atoms with van der Waals surface area (Å²) >= 11 is 0. The molecule has 0 aliphatic heterocycles. The molecule has 0 aromatic heterocycles. The topological polar surface area (TPSA) is 102 Å². The van der Waals surface area contributed by atoms with Gasteiger partial charge in [0, 0.05) is 17.7 Å². The van der Waals surface area contributed by atoms with Crippen molar-refractivity contribution in [1.82, 2.24) is 0 Å². The number of aromatic carboxylic acids is 1. The Kier molecular flexibility index (Phi) is 5.95. The number of rotatable bonds is 6. The number of anilines is 1. The van der Waals surface area contributed by atoms with Crippen LogP contribution in [0.25, 0.3) is 0 Å². The number of amides is 1. The summed E-state index contributed by atoms with van der Waals surface area (Å²) in [6, 6.07) is 8.89. The standard InChI is InChI=1S/C19H19NO6/c1-4-17(21)26-15-8-7-12(10-16(15)25-3)18(22)20-14-9-13(19(23)24)6-5-11(14)2/h5-10H,4H2,1-3H3,(H,20,22)(H,23,24). The molecular formula is C19H19NO6. The smallest absolute Gasteiger partial charge is 0.335 e. The fraction of sp³-hybridized carbons (Fsp3) is 0.211. The van der Waals surface area contributed by atoms with Crippen molar-refractivity contribution >= 4 is 23.5 Å². The summed E-state index contributed by atoms with van der Waals surface area (Å²) in [5.74, 6) is -1.47. The second kappa shape index (κ2) is 8.15. The van der Waals surface area contributed by atoms with E-state index in [-0.39, 0.29) is 29.0 Å². The molecule has 0 saturated heterocycles. The molecule has 0 saturated carbocycles. The maximum atomic E-state index is 12.5. The van der Waals surface area contributed by atoms with Crippen LogP contribution in [0.4, 0.5) is 5.69 Å². The first-order chi connectivity index (χ1) is 12.3. The van der Waals surface area contributed by atoms with Crippen LogP contribution in [0, 0.1) is 6.92 Å². The predicted molar refractivity (Wildman–Crippen MR) is 95.0 cm³/mol. The minimum Gasteiger partial charge on any atom is -0.493 e. The number of aryl methyl sites for hydroxylation is 1. The Morgan fingerprint density at radius 1 is 1.04 bits per heavy atom. The van der Waals surface area contributed by atoms with Crippen molar-refractivity contribution in [3.63, 3.8) is 0 Å². The highest BCUT2D eigenvalue weighted by molar-refractivity contribution is 6.05. The average Bonchev–Trinajstić information content (AvgIpc) is 2.63. The number of hydrogen-bond acceptors (Lipinski definition) is 5. The molecule has 136 valence electrons. The van der Waals surface area contributed by atoms with Gasteiger partial charge < -0.3 is 19.9 Å². The van der Waals surface area contributed by atoms with E-state index in [0.29, 0.717) is 5.69 Å². The van der Waals surface area contributed by atoms with E-state index in [9.17, 15) is 14.4 Å². The molecule has 0 aliphatic carbocycles. The van der Waals surface area contributed by atoms with Gasteiger partial charge in [-0.05, 0) is 42.8 Å². The highest BCUT2D eigenvalue weighted by Crippen LogP contribution is 2.29. The van der Waals surface area contributed by atoms with Crippen molar-refractivity contribution in [3.8, 4) is 11.5 Å². The molecule has 0 radical (unpaired) electrons. The van der Waals surface area contributed by atoms with Gasteiger partial charge >= 0.3 is 11.9 Å². The van der Waals surface area contributed by atoms with E-state index in [2.05, 4.69) is 5.32 Å². The van der Waals surface area contributed by atoms with Gasteiger partial charge in [-0.15, -0.1) is 0 Å². The van der Waals surface area contributed by atoms with E-state index in [0.717, 1.165) is 5.56 Å². The van der Waals surface area contributed by atoms with Crippen molar-refractivity contribution in [2.24, 2.45) is 0 Å². The third kappa shape index (κ3) is 4.38. The number of esters is 1. The van der Waals surface area contributed by atoms with Gasteiger partial charge in [0.1, 0.15) is 0 Å². The Hall–Kier alpha value is -3.35. The van der Waals surface area contributed by atoms with E-state index >= 15 is 0 Å². The fourth-order valence-corrected chi connectivity index (χ4v) is 2.17. The van der Waals surface area contributed by atoms with Crippen LogP contribution in [0.5, 0.6) is 11.5 Å². The molecule has 2 aromatic rings. The molecule has 0 heterocycles. The van der Waals surface area contributed by atoms with Crippen LogP contribution >= 0.6 is 0 Å². The second-order valence-electron chi connectivity index (χ2n) is 5.48. The van der Waals surface area contributed by atoms with Gasteiger partial charge in [0.15, 0.2) is 11.5 Å². The molecule has 7 heteroatoms. The SMILES string of the molecule is CCC(=O)Oc1ccc(C(=O)Nc2cc(C(=O)O)ccc2C)cc1OC. The van der Waals surface area contributed by atoms with Crippen LogP contribution in [-0.4, -0.2) is 30.1 Å². The molecule has 26 heavy (non-hydrogen) atoms. The van der Waals surface area contributed by atoms with E-state index in [1.165, 1.54) is 37.4 Å². The lowest BCUT2D eigenvalue weighted by molar-refractivity contribution is -0.134. The van der Waals surface area contributed by atoms with Gasteiger partial charge in [0.2, 0.25) is 0 Å². The van der Waals surface area contributed by atoms with Crippen molar-refractivity contribution in [1.29, 1.82) is 0 Å². The van der Waals surface area contributed by atoms with Crippen LogP contribution in [0.15, 0.2) is 36.4 Å². The first-order valence-electron chi connectivity index (χ1n) is 7.89. The third-order valence-electron chi connectivity index (χ3n) is 3.67. The largest absolute Gasteiger partial charge is 0.493 e. The van der Waals surface area contributed by atoms with Gasteiger partial charge in [-0.3, -0.25) is 9.59 Å². The number of carbonyl (C=O) groups is 3. The maximum Gasteiger partial charge on any atom is 0.335 e. The molecule has 0 atom stereocenters. The lowest BCUT2D eigenvalue weighted by Crippen LogP contribution is -2.14. The lowest BCUT2D eigenvalue weighted by Gasteiger charge is -2.12. The summed E-state index contributed by atoms with van der Waals surface area (Å²) in [6.45, 7) is 3.43. The molecule has 0 aliphatic rings. The zero-order chi connectivity index (χ0) is 19.3. The van der Waals surface area contributed by atoms with Crippen molar-refractivity contribution in [3.05, 3.63) is 53.1 Å². The monoisotopic (exact) mass is 357 g/mol. The van der Waals surface area contributed by atoms with Crippen LogP contribution in [0.1, 0.15) is 39.6 Å². The second-order valence-corrected chi connectivity index (χ2v) is 5.48. The van der Waals surface area contributed by atoms with Crippen molar-refractivity contribution < 1.29 is 29.0 Å². The maximum absolute atomic E-state index is 12.5. The molecule has 2 aromatic carbocycles. The van der Waals surface area contributed by atoms with Crippen LogP contribution in [0.2, 0.25) is 0 Å². The molecule has 0 unspecified atom stereocenters. The number of hydrogen-bond donors (Lipinski definition) is 2. The minimum absolute atomic E-state index is 0.0744. The summed E-state index contributed by atoms with van der Waals surface area (Å²) < 4.78 is 10.3. The summed E-state index contributed by atoms with van der Waals surface area (Å²) in [7, 11) is 1.40. The highest BCUT2D eigenvalue weighted by Gasteiger charge is 2.15. The highest BCUT2D eigenvalue weighted by atomic mass is 16.6. The zero-order valence-corrected chi connectivity index (χ0v) is 14.7. The Bertz CT molecular complexity index is 859. The van der Waals surface area contributed by atoms with Crippen molar-refractivity contribution in [2.75, 3.05) is 12.4 Å². The first kappa shape index (κ1) is 19.0. The fourth-order valence-electron chi connectivity index (χ4n) is 2.17. The number of carbonyl (C=O) groups excluding carboxylic acids is 2. The van der Waals surface area contributed by atoms with Crippen LogP contribution in [0.3, 0.4) is 0 Å². The summed E-state index contributed by atoms with van der Waals surface area (Å²) in [4.78, 5) is 35.0. The number of methoxy groups -OCH3 is 1. The average molecular weight is 357 g/mol.